The molecule has 2 atom stereocenters. The van der Waals surface area contributed by atoms with Gasteiger partial charge in [0.05, 0.1) is 6.04 Å². The lowest BCUT2D eigenvalue weighted by Gasteiger charge is -2.46. The Bertz CT molecular complexity index is 679. The minimum absolute atomic E-state index is 0.0768. The van der Waals surface area contributed by atoms with Gasteiger partial charge in [0.2, 0.25) is 0 Å². The van der Waals surface area contributed by atoms with Crippen LogP contribution in [0.4, 0.5) is 5.69 Å². The zero-order chi connectivity index (χ0) is 15.7. The Morgan fingerprint density at radius 3 is 2.36 bits per heavy atom. The van der Waals surface area contributed by atoms with E-state index >= 15 is 0 Å². The largest absolute Gasteiger partial charge is 0.457 e. The fourth-order valence-electron chi connectivity index (χ4n) is 3.29. The maximum atomic E-state index is 11.6. The Labute approximate surface area is 131 Å². The summed E-state index contributed by atoms with van der Waals surface area (Å²) in [5, 5.41) is 3.62. The van der Waals surface area contributed by atoms with E-state index in [1.54, 1.807) is 0 Å². The maximum absolute atomic E-state index is 11.6. The van der Waals surface area contributed by atoms with Gasteiger partial charge in [-0.1, -0.05) is 62.4 Å². The van der Waals surface area contributed by atoms with Crippen molar-refractivity contribution in [2.45, 2.75) is 32.9 Å². The minimum atomic E-state index is -0.271. The average molecular weight is 295 g/mol. The van der Waals surface area contributed by atoms with Gasteiger partial charge in [-0.25, -0.2) is 0 Å². The molecule has 22 heavy (non-hydrogen) atoms. The summed E-state index contributed by atoms with van der Waals surface area (Å²) in [5.41, 5.74) is 3.00. The highest BCUT2D eigenvalue weighted by atomic mass is 16.5. The van der Waals surface area contributed by atoms with Crippen LogP contribution >= 0.6 is 0 Å². The lowest BCUT2D eigenvalue weighted by Crippen LogP contribution is -2.40. The van der Waals surface area contributed by atoms with E-state index < -0.39 is 0 Å². The molecule has 0 amide bonds. The molecular weight excluding hydrogens is 274 g/mol. The first-order chi connectivity index (χ1) is 10.5. The van der Waals surface area contributed by atoms with Gasteiger partial charge in [0, 0.05) is 23.6 Å². The summed E-state index contributed by atoms with van der Waals surface area (Å²) in [6.45, 7) is 5.75. The van der Waals surface area contributed by atoms with Gasteiger partial charge in [-0.2, -0.15) is 0 Å². The topological polar surface area (TPSA) is 38.3 Å². The number of fused-ring (bicyclic) bond motifs is 1. The van der Waals surface area contributed by atoms with Crippen LogP contribution in [0, 0.1) is 5.41 Å². The highest BCUT2D eigenvalue weighted by Gasteiger charge is 2.45. The molecule has 2 aromatic rings. The Kier molecular flexibility index (Phi) is 3.65. The zero-order valence-electron chi connectivity index (χ0n) is 13.2. The molecule has 1 aliphatic heterocycles. The molecule has 2 aromatic carbocycles. The Balaban J connectivity index is 2.10. The van der Waals surface area contributed by atoms with Crippen LogP contribution in [0.25, 0.3) is 0 Å². The summed E-state index contributed by atoms with van der Waals surface area (Å²) in [5.74, 6) is -0.249. The zero-order valence-corrected chi connectivity index (χ0v) is 13.2. The van der Waals surface area contributed by atoms with E-state index in [2.05, 4.69) is 31.3 Å². The van der Waals surface area contributed by atoms with Crippen LogP contribution in [0.15, 0.2) is 54.6 Å². The van der Waals surface area contributed by atoms with Crippen LogP contribution in [-0.4, -0.2) is 5.97 Å². The molecule has 0 aliphatic carbocycles. The van der Waals surface area contributed by atoms with Gasteiger partial charge >= 0.3 is 5.97 Å². The van der Waals surface area contributed by atoms with Crippen LogP contribution in [0.2, 0.25) is 0 Å². The summed E-state index contributed by atoms with van der Waals surface area (Å²) in [7, 11) is 0. The van der Waals surface area contributed by atoms with Crippen molar-refractivity contribution in [1.82, 2.24) is 0 Å². The van der Waals surface area contributed by atoms with Gasteiger partial charge in [-0.3, -0.25) is 4.79 Å². The number of carbonyl (C=O) groups excluding carboxylic acids is 1. The molecule has 1 aliphatic rings. The molecule has 3 nitrogen and oxygen atoms in total. The minimum Gasteiger partial charge on any atom is -0.457 e. The fraction of sp³-hybridized carbons (Fsp3) is 0.316. The molecule has 1 heterocycles. The molecule has 3 heteroatoms. The summed E-state index contributed by atoms with van der Waals surface area (Å²) in [6.07, 6.45) is -0.271. The molecule has 0 saturated heterocycles. The number of hydrogen-bond acceptors (Lipinski definition) is 3. The molecule has 3 rings (SSSR count). The van der Waals surface area contributed by atoms with E-state index in [-0.39, 0.29) is 23.5 Å². The van der Waals surface area contributed by atoms with Gasteiger partial charge < -0.3 is 10.1 Å². The van der Waals surface area contributed by atoms with Crippen LogP contribution in [-0.2, 0) is 9.53 Å². The second-order valence-electron chi connectivity index (χ2n) is 6.39. The predicted molar refractivity (Wildman–Crippen MR) is 87.5 cm³/mol. The highest BCUT2D eigenvalue weighted by Crippen LogP contribution is 2.52. The van der Waals surface area contributed by atoms with E-state index in [9.17, 15) is 4.79 Å². The van der Waals surface area contributed by atoms with Crippen LogP contribution in [0.5, 0.6) is 0 Å². The lowest BCUT2D eigenvalue weighted by molar-refractivity contribution is -0.154. The number of rotatable bonds is 2. The van der Waals surface area contributed by atoms with Crippen molar-refractivity contribution in [2.24, 2.45) is 5.41 Å². The number of nitrogens with one attached hydrogen (secondary N) is 1. The quantitative estimate of drug-likeness (QED) is 0.830. The first-order valence-electron chi connectivity index (χ1n) is 7.58. The summed E-state index contributed by atoms with van der Waals surface area (Å²) < 4.78 is 5.71. The second kappa shape index (κ2) is 5.48. The van der Waals surface area contributed by atoms with Crippen molar-refractivity contribution in [3.63, 3.8) is 0 Å². The first kappa shape index (κ1) is 14.6. The normalized spacial score (nSPS) is 22.3. The van der Waals surface area contributed by atoms with Crippen LogP contribution in [0.3, 0.4) is 0 Å². The summed E-state index contributed by atoms with van der Waals surface area (Å²) in [6, 6.07) is 18.4. The van der Waals surface area contributed by atoms with Gasteiger partial charge in [0.1, 0.15) is 6.10 Å². The monoisotopic (exact) mass is 295 g/mol. The van der Waals surface area contributed by atoms with Crippen molar-refractivity contribution in [2.75, 3.05) is 5.32 Å². The van der Waals surface area contributed by atoms with E-state index in [0.717, 1.165) is 11.3 Å². The molecule has 0 saturated carbocycles. The number of anilines is 1. The van der Waals surface area contributed by atoms with Crippen molar-refractivity contribution < 1.29 is 9.53 Å². The molecule has 0 fully saturated rings. The van der Waals surface area contributed by atoms with Gasteiger partial charge in [0.25, 0.3) is 0 Å². The first-order valence-corrected chi connectivity index (χ1v) is 7.58. The Morgan fingerprint density at radius 1 is 1.05 bits per heavy atom. The molecule has 1 N–H and O–H groups in total. The molecule has 0 unspecified atom stereocenters. The number of ether oxygens (including phenoxy) is 1. The third-order valence-electron chi connectivity index (χ3n) is 4.38. The van der Waals surface area contributed by atoms with E-state index in [1.807, 2.05) is 42.5 Å². The predicted octanol–water partition coefficient (Wildman–Crippen LogP) is 4.48. The highest BCUT2D eigenvalue weighted by molar-refractivity contribution is 5.68. The molecule has 0 bridgehead atoms. The maximum Gasteiger partial charge on any atom is 0.303 e. The van der Waals surface area contributed by atoms with Gasteiger partial charge in [-0.05, 0) is 11.6 Å². The van der Waals surface area contributed by atoms with Crippen molar-refractivity contribution in [1.29, 1.82) is 0 Å². The van der Waals surface area contributed by atoms with Crippen molar-refractivity contribution >= 4 is 11.7 Å². The number of esters is 1. The molecular formula is C19H21NO2. The van der Waals surface area contributed by atoms with Crippen molar-refractivity contribution in [3.05, 3.63) is 65.7 Å². The standard InChI is InChI=1S/C19H21NO2/c1-13(21)22-18-15-11-7-8-12-16(15)20-17(19(18,2)3)14-9-5-4-6-10-14/h4-12,17-18,20H,1-3H3/t17-,18-/m0/s1. The lowest BCUT2D eigenvalue weighted by atomic mass is 9.70. The summed E-state index contributed by atoms with van der Waals surface area (Å²) in [4.78, 5) is 11.6. The second-order valence-corrected chi connectivity index (χ2v) is 6.39. The third-order valence-corrected chi connectivity index (χ3v) is 4.38. The molecule has 0 aromatic heterocycles. The fourth-order valence-corrected chi connectivity index (χ4v) is 3.29. The van der Waals surface area contributed by atoms with E-state index in [1.165, 1.54) is 12.5 Å². The Morgan fingerprint density at radius 2 is 1.68 bits per heavy atom. The molecule has 0 radical (unpaired) electrons. The summed E-state index contributed by atoms with van der Waals surface area (Å²) >= 11 is 0. The smallest absolute Gasteiger partial charge is 0.303 e. The Hall–Kier alpha value is -2.29. The number of carbonyl (C=O) groups is 1. The number of hydrogen-bond donors (Lipinski definition) is 1. The SMILES string of the molecule is CC(=O)O[C@H]1c2ccccc2N[C@@H](c2ccccc2)C1(C)C. The number of benzene rings is 2. The van der Waals surface area contributed by atoms with E-state index in [0.29, 0.717) is 0 Å². The third kappa shape index (κ3) is 2.47. The van der Waals surface area contributed by atoms with Crippen molar-refractivity contribution in [3.8, 4) is 0 Å². The van der Waals surface area contributed by atoms with Gasteiger partial charge in [-0.15, -0.1) is 0 Å². The average Bonchev–Trinajstić information content (AvgIpc) is 2.50. The molecule has 114 valence electrons. The van der Waals surface area contributed by atoms with E-state index in [4.69, 9.17) is 4.74 Å². The van der Waals surface area contributed by atoms with Gasteiger partial charge in [0.15, 0.2) is 0 Å². The number of para-hydroxylation sites is 1. The van der Waals surface area contributed by atoms with Crippen LogP contribution in [0.1, 0.15) is 44.0 Å². The molecule has 0 spiro atoms. The van der Waals surface area contributed by atoms with Crippen LogP contribution < -0.4 is 5.32 Å².